The van der Waals surface area contributed by atoms with Crippen molar-refractivity contribution >= 4 is 11.7 Å². The van der Waals surface area contributed by atoms with Crippen molar-refractivity contribution in [1.29, 1.82) is 0 Å². The van der Waals surface area contributed by atoms with Crippen LogP contribution in [0.4, 0.5) is 10.5 Å². The number of amides is 2. The smallest absolute Gasteiger partial charge is 0.319 e. The highest BCUT2D eigenvalue weighted by Crippen LogP contribution is 2.05. The van der Waals surface area contributed by atoms with Crippen molar-refractivity contribution in [2.75, 3.05) is 5.32 Å². The van der Waals surface area contributed by atoms with E-state index in [-0.39, 0.29) is 18.1 Å². The number of carbonyl (C=O) groups excluding carboxylic acids is 1. The Morgan fingerprint density at radius 3 is 2.55 bits per heavy atom. The molecule has 3 N–H and O–H groups in total. The fourth-order valence-electron chi connectivity index (χ4n) is 1.97. The molecule has 0 bridgehead atoms. The Labute approximate surface area is 117 Å². The number of anilines is 1. The van der Waals surface area contributed by atoms with Crippen molar-refractivity contribution in [3.05, 3.63) is 63.6 Å². The molecule has 1 aromatic carbocycles. The molecule has 5 heteroatoms. The van der Waals surface area contributed by atoms with Crippen LogP contribution < -0.4 is 16.2 Å². The molecule has 0 radical (unpaired) electrons. The molecular formula is C15H17N3O2. The molecule has 5 nitrogen and oxygen atoms in total. The lowest BCUT2D eigenvalue weighted by molar-refractivity contribution is 0.251. The second kappa shape index (κ2) is 6.06. The fourth-order valence-corrected chi connectivity index (χ4v) is 1.97. The van der Waals surface area contributed by atoms with E-state index in [0.29, 0.717) is 11.3 Å². The highest BCUT2D eigenvalue weighted by molar-refractivity contribution is 5.89. The number of para-hydroxylation sites is 1. The lowest BCUT2D eigenvalue weighted by Crippen LogP contribution is -2.31. The maximum absolute atomic E-state index is 11.8. The zero-order valence-corrected chi connectivity index (χ0v) is 11.5. The molecule has 2 aromatic rings. The molecule has 0 aliphatic heterocycles. The zero-order valence-electron chi connectivity index (χ0n) is 11.5. The molecule has 2 rings (SSSR count). The third-order valence-electron chi connectivity index (χ3n) is 2.95. The first-order valence-electron chi connectivity index (χ1n) is 6.35. The monoisotopic (exact) mass is 271 g/mol. The lowest BCUT2D eigenvalue weighted by Gasteiger charge is -2.09. The molecule has 20 heavy (non-hydrogen) atoms. The normalized spacial score (nSPS) is 10.1. The number of urea groups is 1. The minimum absolute atomic E-state index is 0.164. The number of H-pyrrole nitrogens is 1. The first-order valence-corrected chi connectivity index (χ1v) is 6.35. The summed E-state index contributed by atoms with van der Waals surface area (Å²) in [7, 11) is 0. The first-order chi connectivity index (χ1) is 9.56. The molecule has 0 atom stereocenters. The molecule has 2 amide bonds. The van der Waals surface area contributed by atoms with Crippen LogP contribution in [0.2, 0.25) is 0 Å². The van der Waals surface area contributed by atoms with Crippen molar-refractivity contribution in [2.45, 2.75) is 20.4 Å². The summed E-state index contributed by atoms with van der Waals surface area (Å²) in [5.41, 5.74) is 2.79. The number of aryl methyl sites for hydroxylation is 2. The molecule has 0 saturated carbocycles. The molecule has 0 saturated heterocycles. The second-order valence-corrected chi connectivity index (χ2v) is 4.62. The van der Waals surface area contributed by atoms with Crippen molar-refractivity contribution in [3.63, 3.8) is 0 Å². The molecule has 104 valence electrons. The summed E-state index contributed by atoms with van der Waals surface area (Å²) in [5.74, 6) is 0. The van der Waals surface area contributed by atoms with Gasteiger partial charge in [0, 0.05) is 16.9 Å². The Bertz CT molecular complexity index is 663. The highest BCUT2D eigenvalue weighted by Gasteiger charge is 2.07. The Balaban J connectivity index is 1.99. The van der Waals surface area contributed by atoms with Gasteiger partial charge in [-0.15, -0.1) is 0 Å². The van der Waals surface area contributed by atoms with Crippen LogP contribution in [0.1, 0.15) is 16.8 Å². The van der Waals surface area contributed by atoms with Gasteiger partial charge < -0.3 is 15.6 Å². The predicted molar refractivity (Wildman–Crippen MR) is 78.8 cm³/mol. The topological polar surface area (TPSA) is 74.0 Å². The van der Waals surface area contributed by atoms with Gasteiger partial charge in [-0.1, -0.05) is 18.2 Å². The van der Waals surface area contributed by atoms with Crippen LogP contribution in [0, 0.1) is 13.8 Å². The summed E-state index contributed by atoms with van der Waals surface area (Å²) < 4.78 is 0. The van der Waals surface area contributed by atoms with Crippen LogP contribution >= 0.6 is 0 Å². The third-order valence-corrected chi connectivity index (χ3v) is 2.95. The average Bonchev–Trinajstić information content (AvgIpc) is 2.38. The number of benzene rings is 1. The molecule has 0 fully saturated rings. The quantitative estimate of drug-likeness (QED) is 0.801. The maximum Gasteiger partial charge on any atom is 0.319 e. The summed E-state index contributed by atoms with van der Waals surface area (Å²) in [6.45, 7) is 3.88. The number of hydrogen-bond acceptors (Lipinski definition) is 2. The van der Waals surface area contributed by atoms with Crippen LogP contribution in [0.25, 0.3) is 0 Å². The van der Waals surface area contributed by atoms with Gasteiger partial charge in [0.25, 0.3) is 5.56 Å². The number of carbonyl (C=O) groups is 1. The second-order valence-electron chi connectivity index (χ2n) is 4.62. The van der Waals surface area contributed by atoms with E-state index in [1.807, 2.05) is 38.1 Å². The van der Waals surface area contributed by atoms with E-state index in [0.717, 1.165) is 11.3 Å². The van der Waals surface area contributed by atoms with Crippen molar-refractivity contribution in [3.8, 4) is 0 Å². The lowest BCUT2D eigenvalue weighted by atomic mass is 10.1. The Hall–Kier alpha value is -2.56. The predicted octanol–water partition coefficient (Wildman–Crippen LogP) is 2.31. The van der Waals surface area contributed by atoms with Crippen molar-refractivity contribution in [2.24, 2.45) is 0 Å². The Morgan fingerprint density at radius 1 is 1.20 bits per heavy atom. The summed E-state index contributed by atoms with van der Waals surface area (Å²) in [4.78, 5) is 26.3. The summed E-state index contributed by atoms with van der Waals surface area (Å²) in [5, 5.41) is 5.38. The Morgan fingerprint density at radius 2 is 1.90 bits per heavy atom. The van der Waals surface area contributed by atoms with Gasteiger partial charge in [-0.3, -0.25) is 4.79 Å². The minimum Gasteiger partial charge on any atom is -0.334 e. The van der Waals surface area contributed by atoms with Crippen molar-refractivity contribution in [1.82, 2.24) is 10.3 Å². The van der Waals surface area contributed by atoms with Crippen LogP contribution in [0.15, 0.2) is 41.2 Å². The molecule has 1 aromatic heterocycles. The standard InChI is InChI=1S/C15H17N3O2/c1-10-8-11(2)17-14(19)13(10)9-16-15(20)18-12-6-4-3-5-7-12/h3-8H,9H2,1-2H3,(H,17,19)(H2,16,18,20). The number of pyridine rings is 1. The van der Waals surface area contributed by atoms with Gasteiger partial charge in [0.1, 0.15) is 0 Å². The summed E-state index contributed by atoms with van der Waals surface area (Å²) >= 11 is 0. The van der Waals surface area contributed by atoms with Gasteiger partial charge in [0.2, 0.25) is 0 Å². The van der Waals surface area contributed by atoms with E-state index >= 15 is 0 Å². The maximum atomic E-state index is 11.8. The fraction of sp³-hybridized carbons (Fsp3) is 0.200. The molecular weight excluding hydrogens is 254 g/mol. The van der Waals surface area contributed by atoms with E-state index in [1.165, 1.54) is 0 Å². The van der Waals surface area contributed by atoms with E-state index < -0.39 is 0 Å². The summed E-state index contributed by atoms with van der Waals surface area (Å²) in [6, 6.07) is 10.7. The minimum atomic E-state index is -0.337. The van der Waals surface area contributed by atoms with Gasteiger partial charge >= 0.3 is 6.03 Å². The third kappa shape index (κ3) is 3.47. The first kappa shape index (κ1) is 13.9. The molecule has 0 spiro atoms. The Kier molecular flexibility index (Phi) is 4.20. The molecule has 0 unspecified atom stereocenters. The van der Waals surface area contributed by atoms with E-state index in [1.54, 1.807) is 12.1 Å². The van der Waals surface area contributed by atoms with Gasteiger partial charge in [0.15, 0.2) is 0 Å². The molecule has 0 aliphatic carbocycles. The molecule has 1 heterocycles. The van der Waals surface area contributed by atoms with Crippen LogP contribution in [-0.2, 0) is 6.54 Å². The SMILES string of the molecule is Cc1cc(C)c(CNC(=O)Nc2ccccc2)c(=O)[nH]1. The highest BCUT2D eigenvalue weighted by atomic mass is 16.2. The van der Waals surface area contributed by atoms with Crippen molar-refractivity contribution < 1.29 is 4.79 Å². The number of aromatic amines is 1. The van der Waals surface area contributed by atoms with E-state index in [4.69, 9.17) is 0 Å². The van der Waals surface area contributed by atoms with E-state index in [2.05, 4.69) is 15.6 Å². The number of hydrogen-bond donors (Lipinski definition) is 3. The largest absolute Gasteiger partial charge is 0.334 e. The number of aromatic nitrogens is 1. The van der Waals surface area contributed by atoms with Gasteiger partial charge in [-0.2, -0.15) is 0 Å². The number of nitrogens with one attached hydrogen (secondary N) is 3. The zero-order chi connectivity index (χ0) is 14.5. The van der Waals surface area contributed by atoms with Crippen LogP contribution in [0.5, 0.6) is 0 Å². The van der Waals surface area contributed by atoms with Crippen LogP contribution in [-0.4, -0.2) is 11.0 Å². The average molecular weight is 271 g/mol. The summed E-state index contributed by atoms with van der Waals surface area (Å²) in [6.07, 6.45) is 0. The van der Waals surface area contributed by atoms with Gasteiger partial charge in [-0.05, 0) is 37.6 Å². The number of rotatable bonds is 3. The molecule has 0 aliphatic rings. The van der Waals surface area contributed by atoms with Gasteiger partial charge in [-0.25, -0.2) is 4.79 Å². The van der Waals surface area contributed by atoms with Gasteiger partial charge in [0.05, 0.1) is 6.54 Å². The van der Waals surface area contributed by atoms with E-state index in [9.17, 15) is 9.59 Å². The van der Waals surface area contributed by atoms with Crippen LogP contribution in [0.3, 0.4) is 0 Å².